The third-order valence-corrected chi connectivity index (χ3v) is 4.44. The van der Waals surface area contributed by atoms with E-state index in [4.69, 9.17) is 0 Å². The van der Waals surface area contributed by atoms with Crippen LogP contribution in [-0.2, 0) is 11.8 Å². The maximum Gasteiger partial charge on any atom is 0.309 e. The molecule has 1 amide bonds. The fourth-order valence-electron chi connectivity index (χ4n) is 2.77. The number of nitrogens with zero attached hydrogens (tertiary/aromatic N) is 2. The molecule has 0 aromatic carbocycles. The SMILES string of the molecule is Cn1cccc1C(=O)N1CCCC(C(C)(C)C(=O)O)C1. The van der Waals surface area contributed by atoms with Gasteiger partial charge in [-0.25, -0.2) is 0 Å². The fraction of sp³-hybridized carbons (Fsp3) is 0.600. The van der Waals surface area contributed by atoms with Crippen molar-refractivity contribution in [3.8, 4) is 0 Å². The van der Waals surface area contributed by atoms with Gasteiger partial charge in [0, 0.05) is 26.3 Å². The van der Waals surface area contributed by atoms with Gasteiger partial charge in [0.25, 0.3) is 5.91 Å². The first-order valence-electron chi connectivity index (χ1n) is 6.98. The minimum absolute atomic E-state index is 0.00188. The van der Waals surface area contributed by atoms with Crippen LogP contribution in [0.1, 0.15) is 37.2 Å². The first-order chi connectivity index (χ1) is 9.34. The summed E-state index contributed by atoms with van der Waals surface area (Å²) in [5.74, 6) is -0.808. The standard InChI is InChI=1S/C15H22N2O3/c1-15(2,14(19)20)11-6-4-9-17(10-11)13(18)12-7-5-8-16(12)3/h5,7-8,11H,4,6,9-10H2,1-3H3,(H,19,20). The summed E-state index contributed by atoms with van der Waals surface area (Å²) < 4.78 is 1.80. The molecule has 1 N–H and O–H groups in total. The summed E-state index contributed by atoms with van der Waals surface area (Å²) in [6.45, 7) is 4.71. The number of amides is 1. The summed E-state index contributed by atoms with van der Waals surface area (Å²) in [4.78, 5) is 25.6. The smallest absolute Gasteiger partial charge is 0.309 e. The van der Waals surface area contributed by atoms with Gasteiger partial charge in [-0.3, -0.25) is 9.59 Å². The second-order valence-electron chi connectivity index (χ2n) is 6.12. The van der Waals surface area contributed by atoms with Gasteiger partial charge in [0.15, 0.2) is 0 Å². The second-order valence-corrected chi connectivity index (χ2v) is 6.12. The van der Waals surface area contributed by atoms with Crippen LogP contribution in [0, 0.1) is 11.3 Å². The van der Waals surface area contributed by atoms with Crippen LogP contribution < -0.4 is 0 Å². The molecule has 1 saturated heterocycles. The van der Waals surface area contributed by atoms with Crippen molar-refractivity contribution >= 4 is 11.9 Å². The number of likely N-dealkylation sites (tertiary alicyclic amines) is 1. The number of rotatable bonds is 3. The van der Waals surface area contributed by atoms with Crippen LogP contribution in [0.25, 0.3) is 0 Å². The molecular formula is C15H22N2O3. The van der Waals surface area contributed by atoms with E-state index in [0.717, 1.165) is 12.8 Å². The van der Waals surface area contributed by atoms with Crippen LogP contribution in [0.15, 0.2) is 18.3 Å². The fourth-order valence-corrected chi connectivity index (χ4v) is 2.77. The summed E-state index contributed by atoms with van der Waals surface area (Å²) in [5.41, 5.74) is -0.147. The third kappa shape index (κ3) is 2.57. The van der Waals surface area contributed by atoms with E-state index in [1.165, 1.54) is 0 Å². The van der Waals surface area contributed by atoms with Crippen molar-refractivity contribution in [3.05, 3.63) is 24.0 Å². The predicted octanol–water partition coefficient (Wildman–Crippen LogP) is 1.99. The zero-order chi connectivity index (χ0) is 14.9. The van der Waals surface area contributed by atoms with Gasteiger partial charge >= 0.3 is 5.97 Å². The van der Waals surface area contributed by atoms with Crippen LogP contribution in [-0.4, -0.2) is 39.5 Å². The topological polar surface area (TPSA) is 62.5 Å². The van der Waals surface area contributed by atoms with Crippen molar-refractivity contribution in [2.45, 2.75) is 26.7 Å². The van der Waals surface area contributed by atoms with Crippen LogP contribution in [0.4, 0.5) is 0 Å². The number of aromatic nitrogens is 1. The second kappa shape index (κ2) is 5.31. The molecule has 1 aromatic heterocycles. The van der Waals surface area contributed by atoms with Crippen molar-refractivity contribution < 1.29 is 14.7 Å². The van der Waals surface area contributed by atoms with Gasteiger partial charge in [-0.15, -0.1) is 0 Å². The quantitative estimate of drug-likeness (QED) is 0.919. The Bertz CT molecular complexity index is 519. The number of aryl methyl sites for hydroxylation is 1. The Kier molecular flexibility index (Phi) is 3.88. The highest BCUT2D eigenvalue weighted by atomic mass is 16.4. The van der Waals surface area contributed by atoms with Crippen molar-refractivity contribution in [1.82, 2.24) is 9.47 Å². The lowest BCUT2D eigenvalue weighted by atomic mass is 9.74. The number of carbonyl (C=O) groups is 2. The minimum Gasteiger partial charge on any atom is -0.481 e. The average Bonchev–Trinajstić information content (AvgIpc) is 2.84. The highest BCUT2D eigenvalue weighted by molar-refractivity contribution is 5.92. The molecule has 1 unspecified atom stereocenters. The molecule has 1 aliphatic heterocycles. The minimum atomic E-state index is -0.798. The number of carboxylic acids is 1. The summed E-state index contributed by atoms with van der Waals surface area (Å²) in [7, 11) is 1.84. The van der Waals surface area contributed by atoms with Crippen molar-refractivity contribution in [2.24, 2.45) is 18.4 Å². The van der Waals surface area contributed by atoms with E-state index in [2.05, 4.69) is 0 Å². The molecule has 0 spiro atoms. The Morgan fingerprint density at radius 1 is 1.40 bits per heavy atom. The summed E-state index contributed by atoms with van der Waals surface area (Å²) >= 11 is 0. The maximum absolute atomic E-state index is 12.5. The summed E-state index contributed by atoms with van der Waals surface area (Å²) in [6.07, 6.45) is 3.56. The molecule has 1 atom stereocenters. The highest BCUT2D eigenvalue weighted by Crippen LogP contribution is 2.34. The zero-order valence-corrected chi connectivity index (χ0v) is 12.3. The molecule has 2 rings (SSSR count). The Morgan fingerprint density at radius 3 is 2.65 bits per heavy atom. The number of hydrogen-bond donors (Lipinski definition) is 1. The molecule has 1 aliphatic rings. The van der Waals surface area contributed by atoms with Crippen molar-refractivity contribution in [2.75, 3.05) is 13.1 Å². The number of carbonyl (C=O) groups excluding carboxylic acids is 1. The summed E-state index contributed by atoms with van der Waals surface area (Å²) in [5, 5.41) is 9.34. The number of carboxylic acid groups (broad SMARTS) is 1. The van der Waals surface area contributed by atoms with E-state index in [9.17, 15) is 14.7 Å². The number of piperidine rings is 1. The van der Waals surface area contributed by atoms with E-state index >= 15 is 0 Å². The molecule has 1 aromatic rings. The number of hydrogen-bond acceptors (Lipinski definition) is 2. The molecule has 2 heterocycles. The van der Waals surface area contributed by atoms with Crippen LogP contribution in [0.3, 0.4) is 0 Å². The van der Waals surface area contributed by atoms with E-state index in [1.807, 2.05) is 19.3 Å². The number of aliphatic carboxylic acids is 1. The Hall–Kier alpha value is -1.78. The molecular weight excluding hydrogens is 256 g/mol. The maximum atomic E-state index is 12.5. The molecule has 110 valence electrons. The lowest BCUT2D eigenvalue weighted by Crippen LogP contribution is -2.47. The van der Waals surface area contributed by atoms with Gasteiger partial charge in [0.1, 0.15) is 5.69 Å². The first-order valence-corrected chi connectivity index (χ1v) is 6.98. The monoisotopic (exact) mass is 278 g/mol. The van der Waals surface area contributed by atoms with Crippen molar-refractivity contribution in [1.29, 1.82) is 0 Å². The largest absolute Gasteiger partial charge is 0.481 e. The van der Waals surface area contributed by atoms with Gasteiger partial charge < -0.3 is 14.6 Å². The normalized spacial score (nSPS) is 19.9. The molecule has 1 fully saturated rings. The molecule has 0 radical (unpaired) electrons. The van der Waals surface area contributed by atoms with Gasteiger partial charge in [-0.05, 0) is 44.7 Å². The summed E-state index contributed by atoms with van der Waals surface area (Å²) in [6, 6.07) is 3.64. The van der Waals surface area contributed by atoms with Crippen LogP contribution >= 0.6 is 0 Å². The van der Waals surface area contributed by atoms with E-state index in [0.29, 0.717) is 18.8 Å². The van der Waals surface area contributed by atoms with Gasteiger partial charge in [0.05, 0.1) is 5.41 Å². The molecule has 5 nitrogen and oxygen atoms in total. The predicted molar refractivity (Wildman–Crippen MR) is 75.5 cm³/mol. The lowest BCUT2D eigenvalue weighted by molar-refractivity contribution is -0.151. The van der Waals surface area contributed by atoms with Crippen molar-refractivity contribution in [3.63, 3.8) is 0 Å². The Balaban J connectivity index is 2.13. The Morgan fingerprint density at radius 2 is 2.10 bits per heavy atom. The average molecular weight is 278 g/mol. The van der Waals surface area contributed by atoms with E-state index in [-0.39, 0.29) is 11.8 Å². The van der Waals surface area contributed by atoms with Crippen LogP contribution in [0.2, 0.25) is 0 Å². The first kappa shape index (κ1) is 14.6. The van der Waals surface area contributed by atoms with Crippen LogP contribution in [0.5, 0.6) is 0 Å². The molecule has 0 bridgehead atoms. The van der Waals surface area contributed by atoms with Gasteiger partial charge in [-0.2, -0.15) is 0 Å². The highest BCUT2D eigenvalue weighted by Gasteiger charge is 2.40. The molecule has 20 heavy (non-hydrogen) atoms. The Labute approximate surface area is 119 Å². The lowest BCUT2D eigenvalue weighted by Gasteiger charge is -2.39. The zero-order valence-electron chi connectivity index (χ0n) is 12.3. The van der Waals surface area contributed by atoms with Gasteiger partial charge in [-0.1, -0.05) is 0 Å². The third-order valence-electron chi connectivity index (χ3n) is 4.44. The van der Waals surface area contributed by atoms with E-state index < -0.39 is 11.4 Å². The van der Waals surface area contributed by atoms with E-state index in [1.54, 1.807) is 29.4 Å². The molecule has 0 saturated carbocycles. The molecule has 5 heteroatoms. The molecule has 0 aliphatic carbocycles. The van der Waals surface area contributed by atoms with Gasteiger partial charge in [0.2, 0.25) is 0 Å².